The van der Waals surface area contributed by atoms with Gasteiger partial charge in [0.05, 0.1) is 23.0 Å². The number of benzene rings is 1. The number of rotatable bonds is 2. The van der Waals surface area contributed by atoms with Gasteiger partial charge in [-0.25, -0.2) is 4.79 Å². The molecule has 19 heavy (non-hydrogen) atoms. The van der Waals surface area contributed by atoms with E-state index in [-0.39, 0.29) is 6.10 Å². The van der Waals surface area contributed by atoms with Crippen molar-refractivity contribution in [2.24, 2.45) is 0 Å². The van der Waals surface area contributed by atoms with Crippen LogP contribution in [-0.2, 0) is 4.74 Å². The number of H-pyrrole nitrogens is 1. The van der Waals surface area contributed by atoms with Crippen LogP contribution in [0.3, 0.4) is 0 Å². The topological polar surface area (TPSA) is 93.3 Å². The number of nitrogens with two attached hydrogens (primary N) is 1. The molecule has 1 fully saturated rings. The van der Waals surface area contributed by atoms with Crippen LogP contribution in [0.5, 0.6) is 0 Å². The molecule has 1 aliphatic heterocycles. The lowest BCUT2D eigenvalue weighted by atomic mass is 10.0. The fourth-order valence-corrected chi connectivity index (χ4v) is 2.49. The lowest BCUT2D eigenvalue weighted by molar-refractivity contribution is 0.0232. The lowest BCUT2D eigenvalue weighted by Gasteiger charge is -2.29. The van der Waals surface area contributed by atoms with Crippen LogP contribution in [0.15, 0.2) is 21.3 Å². The summed E-state index contributed by atoms with van der Waals surface area (Å²) in [6.07, 6.45) is 2.15. The standard InChI is InChI=1S/C13H17N3O3/c1-7-4-8(2-3-18-7)15-10-6-11-12(5-9(10)14)19-13(17)16-11/h5-8,15H,2-4,14H2,1H3,(H,16,17). The van der Waals surface area contributed by atoms with E-state index in [4.69, 9.17) is 14.9 Å². The summed E-state index contributed by atoms with van der Waals surface area (Å²) < 4.78 is 10.5. The van der Waals surface area contributed by atoms with E-state index >= 15 is 0 Å². The predicted octanol–water partition coefficient (Wildman–Crippen LogP) is 1.68. The maximum absolute atomic E-state index is 11.1. The maximum atomic E-state index is 11.1. The molecule has 0 aliphatic carbocycles. The number of hydrogen-bond donors (Lipinski definition) is 3. The third kappa shape index (κ3) is 2.44. The zero-order valence-corrected chi connectivity index (χ0v) is 10.7. The summed E-state index contributed by atoms with van der Waals surface area (Å²) in [5.74, 6) is -0.466. The van der Waals surface area contributed by atoms with Gasteiger partial charge in [-0.1, -0.05) is 0 Å². The number of nitrogen functional groups attached to an aromatic ring is 1. The van der Waals surface area contributed by atoms with Gasteiger partial charge in [0, 0.05) is 18.7 Å². The Morgan fingerprint density at radius 3 is 3.11 bits per heavy atom. The van der Waals surface area contributed by atoms with E-state index in [0.717, 1.165) is 25.1 Å². The molecule has 1 aromatic heterocycles. The van der Waals surface area contributed by atoms with Gasteiger partial charge >= 0.3 is 5.76 Å². The molecule has 0 spiro atoms. The highest BCUT2D eigenvalue weighted by atomic mass is 16.5. The number of oxazole rings is 1. The van der Waals surface area contributed by atoms with Crippen LogP contribution < -0.4 is 16.8 Å². The fourth-order valence-electron chi connectivity index (χ4n) is 2.49. The van der Waals surface area contributed by atoms with Crippen LogP contribution in [0.25, 0.3) is 11.1 Å². The van der Waals surface area contributed by atoms with Gasteiger partial charge in [0.2, 0.25) is 0 Å². The van der Waals surface area contributed by atoms with E-state index in [1.807, 2.05) is 6.07 Å². The highest BCUT2D eigenvalue weighted by Gasteiger charge is 2.20. The molecule has 6 nitrogen and oxygen atoms in total. The molecular formula is C13H17N3O3. The summed E-state index contributed by atoms with van der Waals surface area (Å²) in [5, 5.41) is 3.41. The Bertz CT molecular complexity index is 646. The van der Waals surface area contributed by atoms with Gasteiger partial charge in [0.15, 0.2) is 5.58 Å². The Kier molecular flexibility index (Phi) is 2.94. The zero-order chi connectivity index (χ0) is 13.4. The normalized spacial score (nSPS) is 23.6. The van der Waals surface area contributed by atoms with Gasteiger partial charge in [-0.15, -0.1) is 0 Å². The summed E-state index contributed by atoms with van der Waals surface area (Å²) in [6, 6.07) is 3.82. The smallest absolute Gasteiger partial charge is 0.408 e. The average Bonchev–Trinajstić information content (AvgIpc) is 2.69. The van der Waals surface area contributed by atoms with Crippen LogP contribution in [-0.4, -0.2) is 23.7 Å². The monoisotopic (exact) mass is 263 g/mol. The fraction of sp³-hybridized carbons (Fsp3) is 0.462. The van der Waals surface area contributed by atoms with Crippen molar-refractivity contribution in [2.45, 2.75) is 31.9 Å². The molecule has 4 N–H and O–H groups in total. The van der Waals surface area contributed by atoms with Crippen molar-refractivity contribution in [2.75, 3.05) is 17.7 Å². The molecular weight excluding hydrogens is 246 g/mol. The molecule has 0 saturated carbocycles. The highest BCUT2D eigenvalue weighted by Crippen LogP contribution is 2.27. The minimum absolute atomic E-state index is 0.255. The first-order valence-electron chi connectivity index (χ1n) is 6.42. The van der Waals surface area contributed by atoms with Gasteiger partial charge in [0.25, 0.3) is 0 Å². The van der Waals surface area contributed by atoms with Crippen molar-refractivity contribution in [1.82, 2.24) is 4.98 Å². The Morgan fingerprint density at radius 2 is 2.32 bits per heavy atom. The number of fused-ring (bicyclic) bond motifs is 1. The highest BCUT2D eigenvalue weighted by molar-refractivity contribution is 5.85. The van der Waals surface area contributed by atoms with Crippen molar-refractivity contribution >= 4 is 22.5 Å². The van der Waals surface area contributed by atoms with Crippen LogP contribution in [0.2, 0.25) is 0 Å². The number of anilines is 2. The number of ether oxygens (including phenoxy) is 1. The molecule has 0 amide bonds. The molecule has 1 saturated heterocycles. The van der Waals surface area contributed by atoms with Crippen molar-refractivity contribution in [3.8, 4) is 0 Å². The zero-order valence-electron chi connectivity index (χ0n) is 10.7. The summed E-state index contributed by atoms with van der Waals surface area (Å²) in [4.78, 5) is 13.8. The van der Waals surface area contributed by atoms with E-state index < -0.39 is 5.76 Å². The van der Waals surface area contributed by atoms with Crippen molar-refractivity contribution in [3.05, 3.63) is 22.7 Å². The number of nitrogens with one attached hydrogen (secondary N) is 2. The molecule has 0 bridgehead atoms. The van der Waals surface area contributed by atoms with E-state index in [1.54, 1.807) is 6.07 Å². The minimum Gasteiger partial charge on any atom is -0.408 e. The molecule has 1 aliphatic rings. The quantitative estimate of drug-likeness (QED) is 0.717. The summed E-state index contributed by atoms with van der Waals surface area (Å²) in [7, 11) is 0. The summed E-state index contributed by atoms with van der Waals surface area (Å²) >= 11 is 0. The molecule has 102 valence electrons. The van der Waals surface area contributed by atoms with Crippen molar-refractivity contribution in [3.63, 3.8) is 0 Å². The maximum Gasteiger partial charge on any atom is 0.417 e. The largest absolute Gasteiger partial charge is 0.417 e. The van der Waals surface area contributed by atoms with Crippen molar-refractivity contribution < 1.29 is 9.15 Å². The van der Waals surface area contributed by atoms with E-state index in [1.165, 1.54) is 0 Å². The molecule has 1 aromatic carbocycles. The first kappa shape index (κ1) is 12.1. The van der Waals surface area contributed by atoms with Crippen LogP contribution >= 0.6 is 0 Å². The van der Waals surface area contributed by atoms with Crippen molar-refractivity contribution in [1.29, 1.82) is 0 Å². The lowest BCUT2D eigenvalue weighted by Crippen LogP contribution is -2.32. The Balaban J connectivity index is 1.87. The summed E-state index contributed by atoms with van der Waals surface area (Å²) in [5.41, 5.74) is 8.51. The Morgan fingerprint density at radius 1 is 1.47 bits per heavy atom. The summed E-state index contributed by atoms with van der Waals surface area (Å²) in [6.45, 7) is 2.82. The van der Waals surface area contributed by atoms with Gasteiger partial charge in [-0.05, 0) is 25.8 Å². The molecule has 2 atom stereocenters. The Hall–Kier alpha value is -1.95. The second kappa shape index (κ2) is 4.62. The van der Waals surface area contributed by atoms with Gasteiger partial charge in [-0.2, -0.15) is 0 Å². The van der Waals surface area contributed by atoms with E-state index in [2.05, 4.69) is 17.2 Å². The van der Waals surface area contributed by atoms with Crippen LogP contribution in [0.1, 0.15) is 19.8 Å². The molecule has 6 heteroatoms. The van der Waals surface area contributed by atoms with Gasteiger partial charge in [0.1, 0.15) is 0 Å². The number of hydrogen-bond acceptors (Lipinski definition) is 5. The third-order valence-electron chi connectivity index (χ3n) is 3.44. The second-order valence-electron chi connectivity index (χ2n) is 5.00. The second-order valence-corrected chi connectivity index (χ2v) is 5.00. The minimum atomic E-state index is -0.466. The molecule has 3 rings (SSSR count). The number of aromatic amines is 1. The SMILES string of the molecule is CC1CC(Nc2cc3[nH]c(=O)oc3cc2N)CCO1. The molecule has 2 aromatic rings. The van der Waals surface area contributed by atoms with E-state index in [0.29, 0.717) is 22.8 Å². The molecule has 2 unspecified atom stereocenters. The first-order chi connectivity index (χ1) is 9.11. The van der Waals surface area contributed by atoms with Crippen LogP contribution in [0.4, 0.5) is 11.4 Å². The predicted molar refractivity (Wildman–Crippen MR) is 73.3 cm³/mol. The third-order valence-corrected chi connectivity index (χ3v) is 3.44. The Labute approximate surface area is 109 Å². The molecule has 2 heterocycles. The number of aromatic nitrogens is 1. The van der Waals surface area contributed by atoms with E-state index in [9.17, 15) is 4.79 Å². The van der Waals surface area contributed by atoms with Crippen LogP contribution in [0, 0.1) is 0 Å². The first-order valence-corrected chi connectivity index (χ1v) is 6.42. The average molecular weight is 263 g/mol. The van der Waals surface area contributed by atoms with Gasteiger partial charge in [-0.3, -0.25) is 4.98 Å². The molecule has 0 radical (unpaired) electrons. The van der Waals surface area contributed by atoms with Gasteiger partial charge < -0.3 is 20.2 Å².